The number of aryl methyl sites for hydroxylation is 2. The molecular weight excluding hydrogens is 364 g/mol. The Kier molecular flexibility index (Phi) is 4.81. The number of H-pyrrole nitrogens is 1. The Morgan fingerprint density at radius 3 is 2.88 bits per heavy atom. The molecule has 5 nitrogen and oxygen atoms in total. The highest BCUT2D eigenvalue weighted by molar-refractivity contribution is 7.16. The van der Waals surface area contributed by atoms with E-state index in [4.69, 9.17) is 0 Å². The van der Waals surface area contributed by atoms with Gasteiger partial charge in [0.05, 0.1) is 33.2 Å². The number of thiophene rings is 1. The van der Waals surface area contributed by atoms with Crippen molar-refractivity contribution in [3.05, 3.63) is 57.5 Å². The number of carbonyl (C=O) groups excluding carboxylic acids is 1. The van der Waals surface area contributed by atoms with E-state index in [9.17, 15) is 4.79 Å². The molecule has 3 aromatic heterocycles. The molecular formula is C19H18N4OS2. The van der Waals surface area contributed by atoms with Gasteiger partial charge in [0.15, 0.2) is 0 Å². The number of fused-ring (bicyclic) bond motifs is 1. The SMILES string of the molecule is Cc1nc(-c2ccc(CNC(=O)CCc3nc4ccccc4[nH]3)s2)cs1. The third kappa shape index (κ3) is 3.84. The molecule has 0 unspecified atom stereocenters. The number of nitrogens with zero attached hydrogens (tertiary/aromatic N) is 2. The number of amides is 1. The lowest BCUT2D eigenvalue weighted by molar-refractivity contribution is -0.121. The van der Waals surface area contributed by atoms with E-state index in [0.717, 1.165) is 37.3 Å². The van der Waals surface area contributed by atoms with E-state index in [2.05, 4.69) is 31.7 Å². The molecule has 0 spiro atoms. The van der Waals surface area contributed by atoms with Crippen molar-refractivity contribution in [3.63, 3.8) is 0 Å². The van der Waals surface area contributed by atoms with Crippen LogP contribution in [0.2, 0.25) is 0 Å². The average molecular weight is 383 g/mol. The fourth-order valence-electron chi connectivity index (χ4n) is 2.72. The number of benzene rings is 1. The van der Waals surface area contributed by atoms with Crippen LogP contribution in [0.1, 0.15) is 22.1 Å². The Morgan fingerprint density at radius 1 is 1.19 bits per heavy atom. The largest absolute Gasteiger partial charge is 0.351 e. The third-order valence-corrected chi connectivity index (χ3v) is 5.90. The lowest BCUT2D eigenvalue weighted by Gasteiger charge is -2.02. The first-order valence-corrected chi connectivity index (χ1v) is 10.1. The molecule has 4 rings (SSSR count). The molecule has 26 heavy (non-hydrogen) atoms. The molecule has 132 valence electrons. The number of hydrogen-bond donors (Lipinski definition) is 2. The Balaban J connectivity index is 1.29. The minimum absolute atomic E-state index is 0.0323. The second kappa shape index (κ2) is 7.39. The van der Waals surface area contributed by atoms with Crippen LogP contribution in [0.5, 0.6) is 0 Å². The van der Waals surface area contributed by atoms with E-state index in [1.54, 1.807) is 22.7 Å². The monoisotopic (exact) mass is 382 g/mol. The minimum atomic E-state index is 0.0323. The van der Waals surface area contributed by atoms with Crippen molar-refractivity contribution in [1.82, 2.24) is 20.3 Å². The molecule has 0 atom stereocenters. The molecule has 3 heterocycles. The van der Waals surface area contributed by atoms with E-state index in [0.29, 0.717) is 19.4 Å². The first-order valence-electron chi connectivity index (χ1n) is 8.39. The summed E-state index contributed by atoms with van der Waals surface area (Å²) in [5.41, 5.74) is 2.96. The number of nitrogens with one attached hydrogen (secondary N) is 2. The molecule has 0 saturated heterocycles. The third-order valence-electron chi connectivity index (χ3n) is 4.02. The van der Waals surface area contributed by atoms with Gasteiger partial charge in [0.2, 0.25) is 5.91 Å². The lowest BCUT2D eigenvalue weighted by Crippen LogP contribution is -2.22. The number of thiazole rings is 1. The van der Waals surface area contributed by atoms with E-state index in [1.165, 1.54) is 0 Å². The number of aromatic amines is 1. The molecule has 0 bridgehead atoms. The smallest absolute Gasteiger partial charge is 0.220 e. The van der Waals surface area contributed by atoms with Crippen LogP contribution in [-0.4, -0.2) is 20.9 Å². The van der Waals surface area contributed by atoms with E-state index >= 15 is 0 Å². The minimum Gasteiger partial charge on any atom is -0.351 e. The normalized spacial score (nSPS) is 11.1. The molecule has 0 fully saturated rings. The number of hydrogen-bond acceptors (Lipinski definition) is 5. The molecule has 0 aliphatic rings. The standard InChI is InChI=1S/C19H18N4OS2/c1-12-21-16(11-25-12)17-7-6-13(26-17)10-20-19(24)9-8-18-22-14-4-2-3-5-15(14)23-18/h2-7,11H,8-10H2,1H3,(H,20,24)(H,22,23). The molecule has 1 aromatic carbocycles. The zero-order chi connectivity index (χ0) is 17.9. The van der Waals surface area contributed by atoms with E-state index in [1.807, 2.05) is 37.3 Å². The second-order valence-electron chi connectivity index (χ2n) is 6.00. The zero-order valence-corrected chi connectivity index (χ0v) is 15.9. The summed E-state index contributed by atoms with van der Waals surface area (Å²) in [4.78, 5) is 26.7. The van der Waals surface area contributed by atoms with Gasteiger partial charge in [-0.15, -0.1) is 22.7 Å². The number of aromatic nitrogens is 3. The van der Waals surface area contributed by atoms with Gasteiger partial charge in [-0.25, -0.2) is 9.97 Å². The molecule has 0 radical (unpaired) electrons. The van der Waals surface area contributed by atoms with Gasteiger partial charge in [0.25, 0.3) is 0 Å². The fraction of sp³-hybridized carbons (Fsp3) is 0.211. The summed E-state index contributed by atoms with van der Waals surface area (Å²) in [5, 5.41) is 6.12. The summed E-state index contributed by atoms with van der Waals surface area (Å²) >= 11 is 3.32. The van der Waals surface area contributed by atoms with Gasteiger partial charge in [-0.1, -0.05) is 12.1 Å². The predicted octanol–water partition coefficient (Wildman–Crippen LogP) is 4.31. The first-order chi connectivity index (χ1) is 12.7. The topological polar surface area (TPSA) is 70.7 Å². The molecule has 1 amide bonds. The van der Waals surface area contributed by atoms with Crippen molar-refractivity contribution in [2.24, 2.45) is 0 Å². The number of rotatable bonds is 6. The Hall–Kier alpha value is -2.51. The Labute approximate surface area is 159 Å². The van der Waals surface area contributed by atoms with Gasteiger partial charge in [0.1, 0.15) is 5.82 Å². The Bertz CT molecular complexity index is 1010. The van der Waals surface area contributed by atoms with Crippen LogP contribution >= 0.6 is 22.7 Å². The Morgan fingerprint density at radius 2 is 2.08 bits per heavy atom. The molecule has 0 aliphatic heterocycles. The highest BCUT2D eigenvalue weighted by atomic mass is 32.1. The van der Waals surface area contributed by atoms with Crippen LogP contribution in [0.3, 0.4) is 0 Å². The highest BCUT2D eigenvalue weighted by Gasteiger charge is 2.09. The van der Waals surface area contributed by atoms with Crippen molar-refractivity contribution in [2.45, 2.75) is 26.3 Å². The van der Waals surface area contributed by atoms with Crippen molar-refractivity contribution >= 4 is 39.6 Å². The maximum atomic E-state index is 12.1. The van der Waals surface area contributed by atoms with Crippen LogP contribution in [0, 0.1) is 6.92 Å². The summed E-state index contributed by atoms with van der Waals surface area (Å²) in [6.45, 7) is 2.55. The maximum Gasteiger partial charge on any atom is 0.220 e. The van der Waals surface area contributed by atoms with Gasteiger partial charge < -0.3 is 10.3 Å². The van der Waals surface area contributed by atoms with Gasteiger partial charge in [-0.05, 0) is 31.2 Å². The zero-order valence-electron chi connectivity index (χ0n) is 14.3. The number of para-hydroxylation sites is 2. The summed E-state index contributed by atoms with van der Waals surface area (Å²) in [5.74, 6) is 0.878. The molecule has 2 N–H and O–H groups in total. The second-order valence-corrected chi connectivity index (χ2v) is 8.23. The van der Waals surface area contributed by atoms with Gasteiger partial charge in [-0.3, -0.25) is 4.79 Å². The summed E-state index contributed by atoms with van der Waals surface area (Å²) in [7, 11) is 0. The van der Waals surface area contributed by atoms with Crippen LogP contribution in [-0.2, 0) is 17.8 Å². The number of imidazole rings is 1. The number of carbonyl (C=O) groups is 1. The quantitative estimate of drug-likeness (QED) is 0.522. The van der Waals surface area contributed by atoms with Gasteiger partial charge in [-0.2, -0.15) is 0 Å². The molecule has 4 aromatic rings. The molecule has 0 saturated carbocycles. The van der Waals surface area contributed by atoms with E-state index in [-0.39, 0.29) is 5.91 Å². The average Bonchev–Trinajstić information content (AvgIpc) is 3.36. The van der Waals surface area contributed by atoms with Crippen LogP contribution in [0.15, 0.2) is 41.8 Å². The molecule has 0 aliphatic carbocycles. The fourth-order valence-corrected chi connectivity index (χ4v) is 4.31. The van der Waals surface area contributed by atoms with Crippen molar-refractivity contribution < 1.29 is 4.79 Å². The van der Waals surface area contributed by atoms with Gasteiger partial charge >= 0.3 is 0 Å². The summed E-state index contributed by atoms with van der Waals surface area (Å²) in [6, 6.07) is 12.0. The first kappa shape index (κ1) is 16.9. The summed E-state index contributed by atoms with van der Waals surface area (Å²) < 4.78 is 0. The summed E-state index contributed by atoms with van der Waals surface area (Å²) in [6.07, 6.45) is 1.03. The molecule has 7 heteroatoms. The van der Waals surface area contributed by atoms with Crippen LogP contribution < -0.4 is 5.32 Å². The van der Waals surface area contributed by atoms with Gasteiger partial charge in [0, 0.05) is 23.1 Å². The highest BCUT2D eigenvalue weighted by Crippen LogP contribution is 2.28. The maximum absolute atomic E-state index is 12.1. The predicted molar refractivity (Wildman–Crippen MR) is 106 cm³/mol. The van der Waals surface area contributed by atoms with Crippen LogP contribution in [0.25, 0.3) is 21.6 Å². The van der Waals surface area contributed by atoms with E-state index < -0.39 is 0 Å². The lowest BCUT2D eigenvalue weighted by atomic mass is 10.3. The van der Waals surface area contributed by atoms with Crippen LogP contribution in [0.4, 0.5) is 0 Å². The van der Waals surface area contributed by atoms with Crippen molar-refractivity contribution in [1.29, 1.82) is 0 Å². The van der Waals surface area contributed by atoms with Crippen molar-refractivity contribution in [3.8, 4) is 10.6 Å². The van der Waals surface area contributed by atoms with Crippen molar-refractivity contribution in [2.75, 3.05) is 0 Å².